The third-order valence-corrected chi connectivity index (χ3v) is 4.09. The average Bonchev–Trinajstić information content (AvgIpc) is 2.56. The van der Waals surface area contributed by atoms with Gasteiger partial charge in [-0.25, -0.2) is 0 Å². The maximum absolute atomic E-state index is 5.03. The van der Waals surface area contributed by atoms with E-state index >= 15 is 0 Å². The zero-order valence-electron chi connectivity index (χ0n) is 15.8. The van der Waals surface area contributed by atoms with Crippen molar-refractivity contribution in [2.45, 2.75) is 103 Å². The van der Waals surface area contributed by atoms with Gasteiger partial charge in [-0.3, -0.25) is 0 Å². The molecule has 136 valence electrons. The van der Waals surface area contributed by atoms with Crippen LogP contribution < -0.4 is 16.8 Å². The standard InChI is InChI=1S/C13H27N.2C3H9N/c1-14-13-11-9-7-5-3-2-4-6-8-10-12-13;2*1-2-3-4/h13-14H,2-12H2,1H3;2*2-4H2,1H3. The second kappa shape index (κ2) is 23.2. The molecule has 0 spiro atoms. The number of nitrogens with one attached hydrogen (secondary N) is 1. The van der Waals surface area contributed by atoms with Gasteiger partial charge in [-0.2, -0.15) is 0 Å². The van der Waals surface area contributed by atoms with Gasteiger partial charge in [-0.1, -0.05) is 71.6 Å². The Morgan fingerprint density at radius 1 is 0.682 bits per heavy atom. The van der Waals surface area contributed by atoms with Crippen LogP contribution in [0.4, 0.5) is 0 Å². The Morgan fingerprint density at radius 3 is 1.18 bits per heavy atom. The summed E-state index contributed by atoms with van der Waals surface area (Å²) in [6.07, 6.45) is 18.1. The highest BCUT2D eigenvalue weighted by Crippen LogP contribution is 2.16. The fourth-order valence-electron chi connectivity index (χ4n) is 2.45. The van der Waals surface area contributed by atoms with Crippen LogP contribution in [0.15, 0.2) is 0 Å². The molecule has 0 aliphatic heterocycles. The van der Waals surface area contributed by atoms with E-state index in [-0.39, 0.29) is 0 Å². The molecule has 1 aliphatic rings. The van der Waals surface area contributed by atoms with Crippen molar-refractivity contribution >= 4 is 0 Å². The van der Waals surface area contributed by atoms with Crippen LogP contribution in [-0.2, 0) is 0 Å². The zero-order chi connectivity index (χ0) is 16.9. The summed E-state index contributed by atoms with van der Waals surface area (Å²) < 4.78 is 0. The quantitative estimate of drug-likeness (QED) is 0.713. The molecule has 22 heavy (non-hydrogen) atoms. The average molecular weight is 316 g/mol. The van der Waals surface area contributed by atoms with Crippen molar-refractivity contribution in [2.24, 2.45) is 11.5 Å². The van der Waals surface area contributed by atoms with Gasteiger partial charge in [0.2, 0.25) is 0 Å². The van der Waals surface area contributed by atoms with Gasteiger partial charge >= 0.3 is 0 Å². The molecular weight excluding hydrogens is 270 g/mol. The van der Waals surface area contributed by atoms with E-state index in [1.54, 1.807) is 0 Å². The molecule has 0 radical (unpaired) electrons. The molecule has 3 heteroatoms. The van der Waals surface area contributed by atoms with E-state index in [0.717, 1.165) is 32.0 Å². The van der Waals surface area contributed by atoms with Gasteiger partial charge in [0.15, 0.2) is 0 Å². The molecule has 3 nitrogen and oxygen atoms in total. The van der Waals surface area contributed by atoms with Crippen LogP contribution in [-0.4, -0.2) is 26.2 Å². The SMILES string of the molecule is CCCN.CCCN.CNC1CCCCCCCCCCC1. The minimum atomic E-state index is 0.800. The van der Waals surface area contributed by atoms with Gasteiger partial charge < -0.3 is 16.8 Å². The summed E-state index contributed by atoms with van der Waals surface area (Å²) in [5, 5.41) is 3.46. The Balaban J connectivity index is 0. The van der Waals surface area contributed by atoms with Crippen molar-refractivity contribution in [1.82, 2.24) is 5.32 Å². The van der Waals surface area contributed by atoms with Crippen LogP contribution in [0, 0.1) is 0 Å². The number of hydrogen-bond donors (Lipinski definition) is 3. The molecule has 0 heterocycles. The van der Waals surface area contributed by atoms with Gasteiger partial charge in [0.25, 0.3) is 0 Å². The molecule has 0 atom stereocenters. The van der Waals surface area contributed by atoms with Crippen molar-refractivity contribution in [1.29, 1.82) is 0 Å². The highest BCUT2D eigenvalue weighted by Gasteiger charge is 2.06. The van der Waals surface area contributed by atoms with Crippen LogP contribution in [0.25, 0.3) is 0 Å². The first kappa shape index (κ1) is 24.1. The summed E-state index contributed by atoms with van der Waals surface area (Å²) in [6, 6.07) is 0.800. The lowest BCUT2D eigenvalue weighted by Gasteiger charge is -2.16. The molecule has 0 aromatic rings. The topological polar surface area (TPSA) is 64.1 Å². The maximum atomic E-state index is 5.03. The Morgan fingerprint density at radius 2 is 0.955 bits per heavy atom. The van der Waals surface area contributed by atoms with Crippen molar-refractivity contribution in [3.63, 3.8) is 0 Å². The summed E-state index contributed by atoms with van der Waals surface area (Å²) >= 11 is 0. The lowest BCUT2D eigenvalue weighted by molar-refractivity contribution is 0.425. The first-order chi connectivity index (χ1) is 10.8. The van der Waals surface area contributed by atoms with Crippen LogP contribution in [0.1, 0.15) is 97.3 Å². The molecule has 0 saturated heterocycles. The molecular formula is C19H45N3. The molecule has 0 unspecified atom stereocenters. The number of rotatable bonds is 3. The minimum absolute atomic E-state index is 0.800. The largest absolute Gasteiger partial charge is 0.330 e. The first-order valence-electron chi connectivity index (χ1n) is 9.84. The molecule has 0 amide bonds. The van der Waals surface area contributed by atoms with Gasteiger partial charge in [-0.05, 0) is 45.8 Å². The van der Waals surface area contributed by atoms with Crippen molar-refractivity contribution < 1.29 is 0 Å². The second-order valence-electron chi connectivity index (χ2n) is 6.32. The van der Waals surface area contributed by atoms with E-state index in [2.05, 4.69) is 26.2 Å². The fraction of sp³-hybridized carbons (Fsp3) is 1.00. The molecule has 0 aromatic heterocycles. The Hall–Kier alpha value is -0.120. The second-order valence-corrected chi connectivity index (χ2v) is 6.32. The molecule has 5 N–H and O–H groups in total. The Kier molecular flexibility index (Phi) is 25.4. The van der Waals surface area contributed by atoms with E-state index in [1.165, 1.54) is 70.6 Å². The molecule has 0 bridgehead atoms. The number of nitrogens with two attached hydrogens (primary N) is 2. The zero-order valence-corrected chi connectivity index (χ0v) is 15.8. The van der Waals surface area contributed by atoms with E-state index in [1.807, 2.05) is 0 Å². The van der Waals surface area contributed by atoms with E-state index in [0.29, 0.717) is 0 Å². The Labute approximate surface area is 141 Å². The highest BCUT2D eigenvalue weighted by molar-refractivity contribution is 4.65. The van der Waals surface area contributed by atoms with Crippen molar-refractivity contribution in [3.05, 3.63) is 0 Å². The van der Waals surface area contributed by atoms with Crippen molar-refractivity contribution in [3.8, 4) is 0 Å². The van der Waals surface area contributed by atoms with E-state index in [9.17, 15) is 0 Å². The molecule has 1 aliphatic carbocycles. The fourth-order valence-corrected chi connectivity index (χ4v) is 2.45. The van der Waals surface area contributed by atoms with E-state index < -0.39 is 0 Å². The summed E-state index contributed by atoms with van der Waals surface area (Å²) in [5.41, 5.74) is 10.1. The van der Waals surface area contributed by atoms with Crippen LogP contribution >= 0.6 is 0 Å². The van der Waals surface area contributed by atoms with Crippen molar-refractivity contribution in [2.75, 3.05) is 20.1 Å². The number of hydrogen-bond acceptors (Lipinski definition) is 3. The van der Waals surface area contributed by atoms with Crippen LogP contribution in [0.5, 0.6) is 0 Å². The van der Waals surface area contributed by atoms with Crippen LogP contribution in [0.3, 0.4) is 0 Å². The van der Waals surface area contributed by atoms with Gasteiger partial charge in [-0.15, -0.1) is 0 Å². The Bertz CT molecular complexity index is 154. The third kappa shape index (κ3) is 22.2. The first-order valence-corrected chi connectivity index (χ1v) is 9.84. The normalized spacial score (nSPS) is 17.9. The minimum Gasteiger partial charge on any atom is -0.330 e. The lowest BCUT2D eigenvalue weighted by atomic mass is 9.98. The van der Waals surface area contributed by atoms with Gasteiger partial charge in [0.05, 0.1) is 0 Å². The highest BCUT2D eigenvalue weighted by atomic mass is 14.9. The summed E-state index contributed by atoms with van der Waals surface area (Å²) in [6.45, 7) is 5.75. The molecule has 1 saturated carbocycles. The predicted molar refractivity (Wildman–Crippen MR) is 102 cm³/mol. The molecule has 0 aromatic carbocycles. The maximum Gasteiger partial charge on any atom is 0.00640 e. The lowest BCUT2D eigenvalue weighted by Crippen LogP contribution is -2.24. The predicted octanol–water partition coefficient (Wildman–Crippen LogP) is 4.59. The monoisotopic (exact) mass is 315 g/mol. The smallest absolute Gasteiger partial charge is 0.00640 e. The molecule has 1 fully saturated rings. The third-order valence-electron chi connectivity index (χ3n) is 4.09. The van der Waals surface area contributed by atoms with E-state index in [4.69, 9.17) is 11.5 Å². The van der Waals surface area contributed by atoms with Gasteiger partial charge in [0, 0.05) is 6.04 Å². The van der Waals surface area contributed by atoms with Crippen LogP contribution in [0.2, 0.25) is 0 Å². The summed E-state index contributed by atoms with van der Waals surface area (Å²) in [5.74, 6) is 0. The molecule has 1 rings (SSSR count). The summed E-state index contributed by atoms with van der Waals surface area (Å²) in [4.78, 5) is 0. The summed E-state index contributed by atoms with van der Waals surface area (Å²) in [7, 11) is 2.12. The van der Waals surface area contributed by atoms with Gasteiger partial charge in [0.1, 0.15) is 0 Å².